The monoisotopic (exact) mass is 287 g/mol. The maximum absolute atomic E-state index is 12.8. The fourth-order valence-corrected chi connectivity index (χ4v) is 2.98. The highest BCUT2D eigenvalue weighted by Gasteiger charge is 2.42. The number of aromatic nitrogens is 2. The molecule has 2 heterocycles. The van der Waals surface area contributed by atoms with Gasteiger partial charge in [0.15, 0.2) is 0 Å². The topological polar surface area (TPSA) is 58.4 Å². The molecule has 0 amide bonds. The summed E-state index contributed by atoms with van der Waals surface area (Å²) in [5.74, 6) is -0.714. The Morgan fingerprint density at radius 3 is 2.90 bits per heavy atom. The van der Waals surface area contributed by atoms with E-state index in [1.54, 1.807) is 4.90 Å². The number of likely N-dealkylation sites (tertiary alicyclic amines) is 1. The molecule has 1 atom stereocenters. The largest absolute Gasteiger partial charge is 0.480 e. The first kappa shape index (κ1) is 14.9. The molecular formula is C13H19F2N3O2. The first-order valence-electron chi connectivity index (χ1n) is 6.59. The molecule has 1 aliphatic heterocycles. The first-order valence-corrected chi connectivity index (χ1v) is 6.59. The van der Waals surface area contributed by atoms with Gasteiger partial charge in [-0.3, -0.25) is 14.3 Å². The van der Waals surface area contributed by atoms with Crippen molar-refractivity contribution in [3.05, 3.63) is 18.2 Å². The Kier molecular flexibility index (Phi) is 4.08. The molecule has 2 rings (SSSR count). The Labute approximate surface area is 116 Å². The smallest absolute Gasteiger partial charge is 0.321 e. The third-order valence-electron chi connectivity index (χ3n) is 3.91. The van der Waals surface area contributed by atoms with Gasteiger partial charge in [0, 0.05) is 12.4 Å². The van der Waals surface area contributed by atoms with Gasteiger partial charge in [-0.15, -0.1) is 0 Å². The van der Waals surface area contributed by atoms with Crippen molar-refractivity contribution in [3.8, 4) is 0 Å². The standard InChI is InChI=1S/C13H19F2N3O2/c1-13(2)4-3-6-17(10(13)11(19)20)8-9-16-5-7-18(9)12(14)15/h5,7,10,12H,3-4,6,8H2,1-2H3,(H,19,20). The normalized spacial score (nSPS) is 23.1. The van der Waals surface area contributed by atoms with Crippen molar-refractivity contribution in [1.82, 2.24) is 14.5 Å². The van der Waals surface area contributed by atoms with Crippen molar-refractivity contribution in [2.45, 2.75) is 45.8 Å². The van der Waals surface area contributed by atoms with Crippen LogP contribution in [0.25, 0.3) is 0 Å². The second-order valence-corrected chi connectivity index (χ2v) is 5.83. The average Bonchev–Trinajstić information content (AvgIpc) is 2.75. The molecule has 1 unspecified atom stereocenters. The van der Waals surface area contributed by atoms with Crippen LogP contribution in [0.2, 0.25) is 0 Å². The molecule has 1 aliphatic rings. The molecule has 112 valence electrons. The molecule has 20 heavy (non-hydrogen) atoms. The molecule has 1 aromatic rings. The van der Waals surface area contributed by atoms with Gasteiger partial charge in [0.1, 0.15) is 11.9 Å². The fourth-order valence-electron chi connectivity index (χ4n) is 2.98. The third-order valence-corrected chi connectivity index (χ3v) is 3.91. The maximum Gasteiger partial charge on any atom is 0.321 e. The molecule has 0 aromatic carbocycles. The van der Waals surface area contributed by atoms with Crippen molar-refractivity contribution in [2.24, 2.45) is 5.41 Å². The summed E-state index contributed by atoms with van der Waals surface area (Å²) in [7, 11) is 0. The van der Waals surface area contributed by atoms with Crippen LogP contribution in [-0.4, -0.2) is 38.1 Å². The zero-order chi connectivity index (χ0) is 14.9. The highest BCUT2D eigenvalue weighted by molar-refractivity contribution is 5.74. The molecule has 0 aliphatic carbocycles. The molecule has 0 bridgehead atoms. The van der Waals surface area contributed by atoms with Gasteiger partial charge in [0.05, 0.1) is 6.54 Å². The van der Waals surface area contributed by atoms with Crippen molar-refractivity contribution in [2.75, 3.05) is 6.54 Å². The van der Waals surface area contributed by atoms with E-state index in [2.05, 4.69) is 4.98 Å². The number of nitrogens with zero attached hydrogens (tertiary/aromatic N) is 3. The third kappa shape index (κ3) is 2.82. The fraction of sp³-hybridized carbons (Fsp3) is 0.692. The van der Waals surface area contributed by atoms with E-state index in [1.807, 2.05) is 13.8 Å². The predicted octanol–water partition coefficient (Wildman–Crippen LogP) is 2.35. The Bertz CT molecular complexity index is 488. The average molecular weight is 287 g/mol. The highest BCUT2D eigenvalue weighted by atomic mass is 19.3. The minimum Gasteiger partial charge on any atom is -0.480 e. The van der Waals surface area contributed by atoms with Crippen molar-refractivity contribution in [1.29, 1.82) is 0 Å². The van der Waals surface area contributed by atoms with Crippen LogP contribution in [0.15, 0.2) is 12.4 Å². The summed E-state index contributed by atoms with van der Waals surface area (Å²) in [6.45, 7) is 1.84. The summed E-state index contributed by atoms with van der Waals surface area (Å²) in [4.78, 5) is 17.2. The number of imidazole rings is 1. The Balaban J connectivity index is 2.22. The number of piperidine rings is 1. The highest BCUT2D eigenvalue weighted by Crippen LogP contribution is 2.36. The van der Waals surface area contributed by atoms with Gasteiger partial charge in [-0.2, -0.15) is 8.78 Å². The van der Waals surface area contributed by atoms with Gasteiger partial charge in [-0.25, -0.2) is 4.98 Å². The number of hydrogen-bond acceptors (Lipinski definition) is 3. The summed E-state index contributed by atoms with van der Waals surface area (Å²) in [6.07, 6.45) is 4.19. The molecule has 1 saturated heterocycles. The zero-order valence-electron chi connectivity index (χ0n) is 11.6. The van der Waals surface area contributed by atoms with E-state index in [0.717, 1.165) is 17.4 Å². The lowest BCUT2D eigenvalue weighted by atomic mass is 9.76. The summed E-state index contributed by atoms with van der Waals surface area (Å²) >= 11 is 0. The maximum atomic E-state index is 12.8. The van der Waals surface area contributed by atoms with Gasteiger partial charge >= 0.3 is 12.5 Å². The Morgan fingerprint density at radius 2 is 2.30 bits per heavy atom. The number of rotatable bonds is 4. The number of carbonyl (C=O) groups is 1. The minimum atomic E-state index is -2.66. The minimum absolute atomic E-state index is 0.123. The number of halogens is 2. The molecule has 0 spiro atoms. The van der Waals surface area contributed by atoms with Gasteiger partial charge in [0.25, 0.3) is 0 Å². The van der Waals surface area contributed by atoms with E-state index in [0.29, 0.717) is 6.54 Å². The van der Waals surface area contributed by atoms with Gasteiger partial charge in [-0.1, -0.05) is 13.8 Å². The molecule has 0 radical (unpaired) electrons. The second-order valence-electron chi connectivity index (χ2n) is 5.83. The Hall–Kier alpha value is -1.50. The van der Waals surface area contributed by atoms with Crippen molar-refractivity contribution in [3.63, 3.8) is 0 Å². The summed E-state index contributed by atoms with van der Waals surface area (Å²) < 4.78 is 26.4. The summed E-state index contributed by atoms with van der Waals surface area (Å²) in [6, 6.07) is -0.681. The number of hydrogen-bond donors (Lipinski definition) is 1. The van der Waals surface area contributed by atoms with Crippen LogP contribution in [0.5, 0.6) is 0 Å². The second kappa shape index (κ2) is 5.47. The van der Waals surface area contributed by atoms with Gasteiger partial charge < -0.3 is 5.11 Å². The van der Waals surface area contributed by atoms with Crippen LogP contribution in [-0.2, 0) is 11.3 Å². The predicted molar refractivity (Wildman–Crippen MR) is 68.3 cm³/mol. The van der Waals surface area contributed by atoms with E-state index in [1.165, 1.54) is 12.4 Å². The molecule has 1 aromatic heterocycles. The van der Waals surface area contributed by atoms with E-state index < -0.39 is 18.6 Å². The number of carboxylic acid groups (broad SMARTS) is 1. The quantitative estimate of drug-likeness (QED) is 0.923. The Morgan fingerprint density at radius 1 is 1.60 bits per heavy atom. The molecule has 0 saturated carbocycles. The van der Waals surface area contributed by atoms with E-state index in [9.17, 15) is 18.7 Å². The molecular weight excluding hydrogens is 268 g/mol. The van der Waals surface area contributed by atoms with Gasteiger partial charge in [-0.05, 0) is 24.8 Å². The van der Waals surface area contributed by atoms with Crippen LogP contribution < -0.4 is 0 Å². The van der Waals surface area contributed by atoms with Crippen LogP contribution in [0, 0.1) is 5.41 Å². The lowest BCUT2D eigenvalue weighted by Gasteiger charge is -2.43. The van der Waals surface area contributed by atoms with E-state index >= 15 is 0 Å². The van der Waals surface area contributed by atoms with Crippen molar-refractivity contribution < 1.29 is 18.7 Å². The van der Waals surface area contributed by atoms with Crippen LogP contribution in [0.1, 0.15) is 39.1 Å². The molecule has 5 nitrogen and oxygen atoms in total. The number of alkyl halides is 2. The van der Waals surface area contributed by atoms with Crippen molar-refractivity contribution >= 4 is 5.97 Å². The first-order chi connectivity index (χ1) is 9.33. The van der Waals surface area contributed by atoms with Crippen LogP contribution in [0.4, 0.5) is 8.78 Å². The molecule has 1 fully saturated rings. The SMILES string of the molecule is CC1(C)CCCN(Cc2nccn2C(F)F)C1C(=O)O. The molecule has 7 heteroatoms. The lowest BCUT2D eigenvalue weighted by Crippen LogP contribution is -2.53. The number of aliphatic carboxylic acids is 1. The van der Waals surface area contributed by atoms with Crippen LogP contribution in [0.3, 0.4) is 0 Å². The summed E-state index contributed by atoms with van der Waals surface area (Å²) in [5.41, 5.74) is -0.383. The van der Waals surface area contributed by atoms with Crippen LogP contribution >= 0.6 is 0 Å². The summed E-state index contributed by atoms with van der Waals surface area (Å²) in [5, 5.41) is 9.43. The number of carboxylic acids is 1. The lowest BCUT2D eigenvalue weighted by molar-refractivity contribution is -0.151. The zero-order valence-corrected chi connectivity index (χ0v) is 11.6. The van der Waals surface area contributed by atoms with Gasteiger partial charge in [0.2, 0.25) is 0 Å². The molecule has 1 N–H and O–H groups in total. The van der Waals surface area contributed by atoms with E-state index in [-0.39, 0.29) is 17.8 Å². The van der Waals surface area contributed by atoms with E-state index in [4.69, 9.17) is 0 Å².